The van der Waals surface area contributed by atoms with Crippen LogP contribution in [0, 0.1) is 0 Å². The molecule has 6 nitrogen and oxygen atoms in total. The van der Waals surface area contributed by atoms with Crippen molar-refractivity contribution in [2.75, 3.05) is 46.4 Å². The standard InChI is InChI=1S/C27H35N3O3/c1-4-32-25-18-23-16-20(2)33-26(23)17-22(25)10-11-27(31)28-24(21-8-6-5-7-9-21)19-30-14-12-29(3)13-15-30/h5-11,17-18,20,24H,4,12-16,19H2,1-3H3,(H,28,31)/b11-10+. The normalized spacial score (nSPS) is 19.8. The Balaban J connectivity index is 1.47. The molecule has 0 saturated carbocycles. The molecule has 0 bridgehead atoms. The summed E-state index contributed by atoms with van der Waals surface area (Å²) < 4.78 is 11.7. The van der Waals surface area contributed by atoms with Gasteiger partial charge in [0.05, 0.1) is 12.6 Å². The minimum Gasteiger partial charge on any atom is -0.493 e. The summed E-state index contributed by atoms with van der Waals surface area (Å²) in [6.07, 6.45) is 4.47. The van der Waals surface area contributed by atoms with Gasteiger partial charge in [0.15, 0.2) is 0 Å². The summed E-state index contributed by atoms with van der Waals surface area (Å²) in [6, 6.07) is 14.2. The molecule has 0 spiro atoms. The molecular weight excluding hydrogens is 414 g/mol. The van der Waals surface area contributed by atoms with Crippen LogP contribution in [0.4, 0.5) is 0 Å². The van der Waals surface area contributed by atoms with Gasteiger partial charge in [-0.1, -0.05) is 30.3 Å². The zero-order valence-corrected chi connectivity index (χ0v) is 19.9. The van der Waals surface area contributed by atoms with Gasteiger partial charge in [-0.2, -0.15) is 0 Å². The van der Waals surface area contributed by atoms with Crippen molar-refractivity contribution in [3.8, 4) is 11.5 Å². The van der Waals surface area contributed by atoms with Crippen LogP contribution < -0.4 is 14.8 Å². The topological polar surface area (TPSA) is 54.0 Å². The van der Waals surface area contributed by atoms with Gasteiger partial charge in [-0.05, 0) is 44.7 Å². The van der Waals surface area contributed by atoms with Crippen molar-refractivity contribution in [1.29, 1.82) is 0 Å². The minimum atomic E-state index is -0.116. The van der Waals surface area contributed by atoms with Crippen molar-refractivity contribution >= 4 is 12.0 Å². The predicted molar refractivity (Wildman–Crippen MR) is 132 cm³/mol. The Morgan fingerprint density at radius 1 is 1.21 bits per heavy atom. The fourth-order valence-corrected chi connectivity index (χ4v) is 4.46. The number of carbonyl (C=O) groups excluding carboxylic acids is 1. The molecule has 2 aromatic rings. The van der Waals surface area contributed by atoms with Crippen LogP contribution in [-0.4, -0.2) is 68.2 Å². The first-order chi connectivity index (χ1) is 16.0. The Hall–Kier alpha value is -2.83. The van der Waals surface area contributed by atoms with Crippen LogP contribution in [-0.2, 0) is 11.2 Å². The van der Waals surface area contributed by atoms with Gasteiger partial charge in [0.2, 0.25) is 5.91 Å². The highest BCUT2D eigenvalue weighted by Crippen LogP contribution is 2.35. The monoisotopic (exact) mass is 449 g/mol. The van der Waals surface area contributed by atoms with Crippen LogP contribution in [0.15, 0.2) is 48.5 Å². The van der Waals surface area contributed by atoms with Crippen molar-refractivity contribution in [2.24, 2.45) is 0 Å². The Morgan fingerprint density at radius 3 is 2.70 bits per heavy atom. The van der Waals surface area contributed by atoms with Gasteiger partial charge in [-0.25, -0.2) is 0 Å². The number of hydrogen-bond donors (Lipinski definition) is 1. The third-order valence-corrected chi connectivity index (χ3v) is 6.30. The lowest BCUT2D eigenvalue weighted by Gasteiger charge is -2.34. The molecule has 1 fully saturated rings. The number of likely N-dealkylation sites (N-methyl/N-ethyl adjacent to an activating group) is 1. The van der Waals surface area contributed by atoms with Crippen LogP contribution in [0.25, 0.3) is 6.08 Å². The molecule has 1 N–H and O–H groups in total. The first-order valence-corrected chi connectivity index (χ1v) is 11.9. The molecule has 0 aromatic heterocycles. The average Bonchev–Trinajstić information content (AvgIpc) is 3.18. The molecule has 2 atom stereocenters. The van der Waals surface area contributed by atoms with Crippen molar-refractivity contribution in [3.05, 3.63) is 65.2 Å². The zero-order valence-electron chi connectivity index (χ0n) is 19.9. The number of piperazine rings is 1. The van der Waals surface area contributed by atoms with E-state index in [1.165, 1.54) is 0 Å². The van der Waals surface area contributed by atoms with E-state index in [4.69, 9.17) is 9.47 Å². The van der Waals surface area contributed by atoms with Crippen LogP contribution in [0.5, 0.6) is 11.5 Å². The fraction of sp³-hybridized carbons (Fsp3) is 0.444. The number of benzene rings is 2. The molecule has 176 valence electrons. The summed E-state index contributed by atoms with van der Waals surface area (Å²) in [7, 11) is 2.15. The molecule has 2 aliphatic rings. The largest absolute Gasteiger partial charge is 0.493 e. The molecule has 0 aliphatic carbocycles. The number of rotatable bonds is 8. The summed E-state index contributed by atoms with van der Waals surface area (Å²) in [5, 5.41) is 3.22. The molecular formula is C27H35N3O3. The van der Waals surface area contributed by atoms with Gasteiger partial charge >= 0.3 is 0 Å². The number of hydrogen-bond acceptors (Lipinski definition) is 5. The Bertz CT molecular complexity index is 968. The van der Waals surface area contributed by atoms with E-state index in [0.717, 1.165) is 67.3 Å². The number of amides is 1. The van der Waals surface area contributed by atoms with Gasteiger partial charge in [-0.15, -0.1) is 0 Å². The van der Waals surface area contributed by atoms with E-state index in [1.54, 1.807) is 6.08 Å². The van der Waals surface area contributed by atoms with Crippen LogP contribution in [0.2, 0.25) is 0 Å². The molecule has 2 aromatic carbocycles. The van der Waals surface area contributed by atoms with Crippen molar-refractivity contribution in [3.63, 3.8) is 0 Å². The summed E-state index contributed by atoms with van der Waals surface area (Å²) in [4.78, 5) is 17.7. The molecule has 0 radical (unpaired) electrons. The zero-order chi connectivity index (χ0) is 23.2. The number of fused-ring (bicyclic) bond motifs is 1. The maximum Gasteiger partial charge on any atom is 0.244 e. The quantitative estimate of drug-likeness (QED) is 0.625. The Kier molecular flexibility index (Phi) is 7.68. The summed E-state index contributed by atoms with van der Waals surface area (Å²) >= 11 is 0. The molecule has 2 heterocycles. The highest BCUT2D eigenvalue weighted by atomic mass is 16.5. The van der Waals surface area contributed by atoms with Gasteiger partial charge in [0.1, 0.15) is 17.6 Å². The molecule has 33 heavy (non-hydrogen) atoms. The SMILES string of the molecule is CCOc1cc2c(cc1/C=C/C(=O)NC(CN1CCN(C)CC1)c1ccccc1)OC(C)C2. The van der Waals surface area contributed by atoms with Crippen molar-refractivity contribution in [1.82, 2.24) is 15.1 Å². The van der Waals surface area contributed by atoms with E-state index in [1.807, 2.05) is 43.3 Å². The van der Waals surface area contributed by atoms with Gasteiger partial charge < -0.3 is 19.7 Å². The second-order valence-corrected chi connectivity index (χ2v) is 8.97. The maximum absolute atomic E-state index is 13.0. The van der Waals surface area contributed by atoms with Gasteiger partial charge in [0.25, 0.3) is 0 Å². The third kappa shape index (κ3) is 6.15. The summed E-state index contributed by atoms with van der Waals surface area (Å²) in [5.74, 6) is 1.55. The first-order valence-electron chi connectivity index (χ1n) is 11.9. The van der Waals surface area contributed by atoms with Gasteiger partial charge in [-0.3, -0.25) is 9.69 Å². The van der Waals surface area contributed by atoms with E-state index in [9.17, 15) is 4.79 Å². The van der Waals surface area contributed by atoms with Crippen LogP contribution in [0.1, 0.15) is 36.6 Å². The second kappa shape index (κ2) is 10.9. The lowest BCUT2D eigenvalue weighted by molar-refractivity contribution is -0.117. The van der Waals surface area contributed by atoms with E-state index < -0.39 is 0 Å². The number of carbonyl (C=O) groups is 1. The molecule has 6 heteroatoms. The Morgan fingerprint density at radius 2 is 1.97 bits per heavy atom. The van der Waals surface area contributed by atoms with Crippen LogP contribution >= 0.6 is 0 Å². The highest BCUT2D eigenvalue weighted by molar-refractivity contribution is 5.92. The van der Waals surface area contributed by atoms with E-state index >= 15 is 0 Å². The second-order valence-electron chi connectivity index (χ2n) is 8.97. The van der Waals surface area contributed by atoms with E-state index in [0.29, 0.717) is 6.61 Å². The molecule has 1 amide bonds. The Labute approximate surface area is 197 Å². The maximum atomic E-state index is 13.0. The third-order valence-electron chi connectivity index (χ3n) is 6.30. The summed E-state index contributed by atoms with van der Waals surface area (Å²) in [6.45, 7) is 9.52. The first kappa shape index (κ1) is 23.3. The smallest absolute Gasteiger partial charge is 0.244 e. The van der Waals surface area contributed by atoms with E-state index in [2.05, 4.69) is 41.2 Å². The molecule has 4 rings (SSSR count). The predicted octanol–water partition coefficient (Wildman–Crippen LogP) is 3.53. The highest BCUT2D eigenvalue weighted by Gasteiger charge is 2.22. The van der Waals surface area contributed by atoms with E-state index in [-0.39, 0.29) is 18.1 Å². The molecule has 2 unspecified atom stereocenters. The fourth-order valence-electron chi connectivity index (χ4n) is 4.46. The molecule has 2 aliphatic heterocycles. The minimum absolute atomic E-state index is 0.0673. The van der Waals surface area contributed by atoms with Crippen molar-refractivity contribution in [2.45, 2.75) is 32.4 Å². The van der Waals surface area contributed by atoms with Crippen molar-refractivity contribution < 1.29 is 14.3 Å². The molecule has 1 saturated heterocycles. The lowest BCUT2D eigenvalue weighted by Crippen LogP contribution is -2.47. The number of ether oxygens (including phenoxy) is 2. The van der Waals surface area contributed by atoms with Gasteiger partial charge in [0, 0.05) is 56.3 Å². The average molecular weight is 450 g/mol. The van der Waals surface area contributed by atoms with Crippen LogP contribution in [0.3, 0.4) is 0 Å². The number of nitrogens with one attached hydrogen (secondary N) is 1. The summed E-state index contributed by atoms with van der Waals surface area (Å²) in [5.41, 5.74) is 3.13. The number of nitrogens with zero attached hydrogens (tertiary/aromatic N) is 2. The lowest BCUT2D eigenvalue weighted by atomic mass is 10.0.